The minimum absolute atomic E-state index is 0.172. The molecule has 4 heterocycles. The van der Waals surface area contributed by atoms with Crippen LogP contribution in [0.2, 0.25) is 0 Å². The highest BCUT2D eigenvalue weighted by Crippen LogP contribution is 2.38. The van der Waals surface area contributed by atoms with Gasteiger partial charge in [-0.25, -0.2) is 0 Å². The zero-order chi connectivity index (χ0) is 52.2. The van der Waals surface area contributed by atoms with Crippen molar-refractivity contribution in [3.05, 3.63) is 48.5 Å². The lowest BCUT2D eigenvalue weighted by Crippen LogP contribution is -2.64. The molecule has 4 fully saturated rings. The SMILES string of the molecule is O=C(CCCCCCCCC(=O)Nc1ccc(S[C@@H]2O[C@H](CO)[C@@H](O[C@H]3O[C@H](CO)[C@@H](O)[C@H](O)[C@H]3O)[C@H](O)[C@H]2O)cc1)Nc1ccc(S[C@@H]2O[C@H](CO)[C@@H](O[C@H]3O[C@H](CO)[C@@H](O)[C@H](O)[C@H]3O)[C@H](O)[C@H]2O)cc1. The Morgan fingerprint density at radius 2 is 0.750 bits per heavy atom. The molecule has 2 aromatic rings. The summed E-state index contributed by atoms with van der Waals surface area (Å²) in [5.74, 6) is -0.344. The summed E-state index contributed by atoms with van der Waals surface area (Å²) in [5, 5.41) is 149. The molecule has 20 atom stereocenters. The zero-order valence-electron chi connectivity index (χ0n) is 39.0. The van der Waals surface area contributed by atoms with Crippen molar-refractivity contribution < 1.29 is 110 Å². The van der Waals surface area contributed by atoms with E-state index in [4.69, 9.17) is 28.4 Å². The number of aliphatic hydroxyl groups is 14. The number of carbonyl (C=O) groups excluding carboxylic acids is 2. The summed E-state index contributed by atoms with van der Waals surface area (Å²) in [6.07, 6.45) is -22.4. The molecule has 4 aliphatic heterocycles. The molecule has 0 aromatic heterocycles. The molecule has 406 valence electrons. The topological polar surface area (TPSA) is 397 Å². The molecule has 4 saturated heterocycles. The van der Waals surface area contributed by atoms with Gasteiger partial charge in [-0.15, -0.1) is 0 Å². The number of rotatable bonds is 23. The van der Waals surface area contributed by atoms with Crippen molar-refractivity contribution in [3.63, 3.8) is 0 Å². The molecule has 72 heavy (non-hydrogen) atoms. The van der Waals surface area contributed by atoms with E-state index in [1.54, 1.807) is 48.5 Å². The molecule has 24 nitrogen and oxygen atoms in total. The average molecular weight is 1070 g/mol. The van der Waals surface area contributed by atoms with Gasteiger partial charge in [-0.2, -0.15) is 0 Å². The third-order valence-corrected chi connectivity index (χ3v) is 15.1. The van der Waals surface area contributed by atoms with Crippen LogP contribution in [0.15, 0.2) is 58.3 Å². The molecule has 0 bridgehead atoms. The minimum Gasteiger partial charge on any atom is -0.394 e. The number of benzene rings is 2. The quantitative estimate of drug-likeness (QED) is 0.0488. The van der Waals surface area contributed by atoms with E-state index >= 15 is 0 Å². The highest BCUT2D eigenvalue weighted by atomic mass is 32.2. The molecular formula is C46H68N2O22S2. The van der Waals surface area contributed by atoms with Gasteiger partial charge in [-0.05, 0) is 61.4 Å². The standard InChI is InChI=1S/C46H68N2O22S2/c49-17-25-31(55)33(57)37(61)43(65-25)69-41-27(19-51)67-45(39(63)35(41)59)71-23-13-9-21(10-14-23)47-29(53)7-5-3-1-2-4-6-8-30(54)48-22-11-15-24(16-12-22)72-46-40(64)36(60)42(28(20-52)68-46)70-44-38(62)34(58)32(56)26(18-50)66-44/h9-16,25-28,31-46,49-52,55-64H,1-8,17-20H2,(H,47,53)(H,48,54)/t25-,26-,27-,28-,31-,32-,33+,34+,35-,36-,37-,38-,39-,40-,41-,42-,43-,44-,45+,46+/m1/s1. The van der Waals surface area contributed by atoms with E-state index in [2.05, 4.69) is 10.6 Å². The summed E-state index contributed by atoms with van der Waals surface area (Å²) in [6, 6.07) is 13.4. The van der Waals surface area contributed by atoms with Crippen LogP contribution in [0, 0.1) is 0 Å². The Balaban J connectivity index is 0.826. The number of carbonyl (C=O) groups is 2. The van der Waals surface area contributed by atoms with E-state index in [-0.39, 0.29) is 11.8 Å². The fourth-order valence-corrected chi connectivity index (χ4v) is 10.7. The second-order valence-corrected chi connectivity index (χ2v) is 20.4. The highest BCUT2D eigenvalue weighted by Gasteiger charge is 2.52. The van der Waals surface area contributed by atoms with Crippen LogP contribution in [-0.2, 0) is 38.0 Å². The maximum atomic E-state index is 12.6. The molecule has 16 N–H and O–H groups in total. The Bertz CT molecular complexity index is 1820. The minimum atomic E-state index is -1.77. The van der Waals surface area contributed by atoms with Crippen molar-refractivity contribution in [2.24, 2.45) is 0 Å². The normalized spacial score (nSPS) is 37.2. The van der Waals surface area contributed by atoms with Crippen molar-refractivity contribution in [1.82, 2.24) is 0 Å². The number of ether oxygens (including phenoxy) is 6. The average Bonchev–Trinajstić information content (AvgIpc) is 3.37. The predicted molar refractivity (Wildman–Crippen MR) is 252 cm³/mol. The Hall–Kier alpha value is -2.72. The van der Waals surface area contributed by atoms with Gasteiger partial charge in [0.25, 0.3) is 0 Å². The van der Waals surface area contributed by atoms with Crippen LogP contribution in [0.3, 0.4) is 0 Å². The third-order valence-electron chi connectivity index (χ3n) is 12.8. The maximum absolute atomic E-state index is 12.6. The van der Waals surface area contributed by atoms with Gasteiger partial charge in [0, 0.05) is 34.0 Å². The Morgan fingerprint density at radius 3 is 1.08 bits per heavy atom. The summed E-state index contributed by atoms with van der Waals surface area (Å²) in [6.45, 7) is -2.72. The summed E-state index contributed by atoms with van der Waals surface area (Å²) in [5.41, 5.74) is -1.06. The smallest absolute Gasteiger partial charge is 0.224 e. The first-order chi connectivity index (χ1) is 34.5. The lowest BCUT2D eigenvalue weighted by atomic mass is 9.97. The van der Waals surface area contributed by atoms with Crippen molar-refractivity contribution in [1.29, 1.82) is 0 Å². The number of thioether (sulfide) groups is 2. The van der Waals surface area contributed by atoms with Gasteiger partial charge >= 0.3 is 0 Å². The molecule has 6 rings (SSSR count). The van der Waals surface area contributed by atoms with E-state index in [1.807, 2.05) is 0 Å². The van der Waals surface area contributed by atoms with Crippen molar-refractivity contribution >= 4 is 46.7 Å². The van der Waals surface area contributed by atoms with E-state index in [9.17, 15) is 81.1 Å². The number of anilines is 2. The van der Waals surface area contributed by atoms with Gasteiger partial charge in [0.1, 0.15) is 109 Å². The molecule has 0 radical (unpaired) electrons. The molecule has 2 amide bonds. The number of unbranched alkanes of at least 4 members (excludes halogenated alkanes) is 5. The second kappa shape index (κ2) is 27.9. The van der Waals surface area contributed by atoms with Crippen LogP contribution < -0.4 is 10.6 Å². The zero-order valence-corrected chi connectivity index (χ0v) is 40.6. The van der Waals surface area contributed by atoms with Gasteiger partial charge in [-0.1, -0.05) is 49.2 Å². The molecular weight excluding hydrogens is 997 g/mol. The Labute approximate surface area is 422 Å². The van der Waals surface area contributed by atoms with Crippen LogP contribution in [0.4, 0.5) is 11.4 Å². The van der Waals surface area contributed by atoms with Crippen LogP contribution >= 0.6 is 23.5 Å². The number of amides is 2. The first kappa shape index (κ1) is 58.5. The molecule has 0 unspecified atom stereocenters. The van der Waals surface area contributed by atoms with E-state index in [0.717, 1.165) is 49.2 Å². The Morgan fingerprint density at radius 1 is 0.417 bits per heavy atom. The first-order valence-electron chi connectivity index (χ1n) is 23.8. The summed E-state index contributed by atoms with van der Waals surface area (Å²) in [4.78, 5) is 26.5. The van der Waals surface area contributed by atoms with E-state index in [0.29, 0.717) is 46.8 Å². The molecule has 0 saturated carbocycles. The van der Waals surface area contributed by atoms with Crippen molar-refractivity contribution in [3.8, 4) is 0 Å². The lowest BCUT2D eigenvalue weighted by Gasteiger charge is -2.46. The van der Waals surface area contributed by atoms with Gasteiger partial charge in [0.15, 0.2) is 12.6 Å². The van der Waals surface area contributed by atoms with Crippen LogP contribution in [-0.4, -0.2) is 231 Å². The van der Waals surface area contributed by atoms with Crippen LogP contribution in [0.1, 0.15) is 51.4 Å². The number of nitrogens with one attached hydrogen (secondary N) is 2. The van der Waals surface area contributed by atoms with Crippen molar-refractivity contribution in [2.45, 2.75) is 182 Å². The van der Waals surface area contributed by atoms with Gasteiger partial charge in [0.2, 0.25) is 11.8 Å². The molecule has 0 aliphatic carbocycles. The van der Waals surface area contributed by atoms with Crippen molar-refractivity contribution in [2.75, 3.05) is 37.1 Å². The second-order valence-electron chi connectivity index (χ2n) is 18.0. The van der Waals surface area contributed by atoms with E-state index in [1.165, 1.54) is 0 Å². The fraction of sp³-hybridized carbons (Fsp3) is 0.696. The third kappa shape index (κ3) is 15.0. The van der Waals surface area contributed by atoms with Crippen LogP contribution in [0.5, 0.6) is 0 Å². The number of aliphatic hydroxyl groups excluding tert-OH is 14. The predicted octanol–water partition coefficient (Wildman–Crippen LogP) is -3.18. The Kier molecular flexibility index (Phi) is 22.7. The highest BCUT2D eigenvalue weighted by molar-refractivity contribution is 8.00. The number of hydrogen-bond donors (Lipinski definition) is 16. The number of hydrogen-bond acceptors (Lipinski definition) is 24. The summed E-state index contributed by atoms with van der Waals surface area (Å²) in [7, 11) is 0. The summed E-state index contributed by atoms with van der Waals surface area (Å²) >= 11 is 2.10. The van der Waals surface area contributed by atoms with Gasteiger partial charge in [-0.3, -0.25) is 9.59 Å². The monoisotopic (exact) mass is 1060 g/mol. The molecule has 2 aromatic carbocycles. The maximum Gasteiger partial charge on any atom is 0.224 e. The fourth-order valence-electron chi connectivity index (χ4n) is 8.53. The molecule has 0 spiro atoms. The summed E-state index contributed by atoms with van der Waals surface area (Å²) < 4.78 is 33.6. The molecule has 26 heteroatoms. The lowest BCUT2D eigenvalue weighted by molar-refractivity contribution is -0.338. The molecule has 4 aliphatic rings. The van der Waals surface area contributed by atoms with Crippen LogP contribution in [0.25, 0.3) is 0 Å². The van der Waals surface area contributed by atoms with E-state index < -0.39 is 148 Å². The van der Waals surface area contributed by atoms with Gasteiger partial charge < -0.3 is 111 Å². The first-order valence-corrected chi connectivity index (χ1v) is 25.5. The van der Waals surface area contributed by atoms with Gasteiger partial charge in [0.05, 0.1) is 26.4 Å². The largest absolute Gasteiger partial charge is 0.394 e.